The van der Waals surface area contributed by atoms with Crippen molar-refractivity contribution in [1.29, 1.82) is 0 Å². The van der Waals surface area contributed by atoms with Crippen molar-refractivity contribution in [3.05, 3.63) is 59.1 Å². The molecule has 3 heterocycles. The molecule has 1 aliphatic carbocycles. The lowest BCUT2D eigenvalue weighted by atomic mass is 9.78. The number of aliphatic hydroxyl groups is 5. The second-order valence-corrected chi connectivity index (χ2v) is 21.7. The SMILES string of the molecule is CO/C1=C(O)/C(C)=C/[C@@H](C)C(=O)C[C@@H](C(C)CC2CC[C@@H](OC(=O)C(C)(CO)CO)[C@H](OC)C2)OC(=O)[C@@H]2CCCCN2C(=O)C(=O)[C@]2(O)O[C@@H](CC[C@H]2C)C[C@H](CO)C(C)=CC=C/C=C/[C@@H](C)C[C@@H](C)C1=O. The summed E-state index contributed by atoms with van der Waals surface area (Å²) in [6.07, 6.45) is 12.2. The summed E-state index contributed by atoms with van der Waals surface area (Å²) in [7, 11) is 2.79. The lowest BCUT2D eigenvalue weighted by Gasteiger charge is -2.43. The predicted molar refractivity (Wildman–Crippen MR) is 271 cm³/mol. The van der Waals surface area contributed by atoms with Crippen molar-refractivity contribution >= 4 is 35.2 Å². The van der Waals surface area contributed by atoms with Gasteiger partial charge in [0.2, 0.25) is 17.3 Å². The molecule has 0 spiro atoms. The lowest BCUT2D eigenvalue weighted by molar-refractivity contribution is -0.265. The molecule has 4 rings (SSSR count). The van der Waals surface area contributed by atoms with Gasteiger partial charge in [0.25, 0.3) is 11.7 Å². The van der Waals surface area contributed by atoms with Gasteiger partial charge in [-0.25, -0.2) is 4.79 Å². The van der Waals surface area contributed by atoms with E-state index in [1.807, 2.05) is 51.2 Å². The zero-order chi connectivity index (χ0) is 54.4. The van der Waals surface area contributed by atoms with Crippen molar-refractivity contribution in [3.63, 3.8) is 0 Å². The van der Waals surface area contributed by atoms with Crippen LogP contribution in [0.15, 0.2) is 59.1 Å². The van der Waals surface area contributed by atoms with Crippen molar-refractivity contribution in [2.24, 2.45) is 46.8 Å². The Kier molecular flexibility index (Phi) is 23.3. The van der Waals surface area contributed by atoms with Gasteiger partial charge >= 0.3 is 11.9 Å². The van der Waals surface area contributed by atoms with Crippen molar-refractivity contribution < 1.29 is 78.0 Å². The van der Waals surface area contributed by atoms with E-state index in [1.54, 1.807) is 27.7 Å². The number of hydrogen-bond acceptors (Lipinski definition) is 16. The third kappa shape index (κ3) is 15.8. The van der Waals surface area contributed by atoms with E-state index < -0.39 is 120 Å². The molecule has 2 saturated heterocycles. The molecule has 0 aromatic heterocycles. The molecule has 1 amide bonds. The fraction of sp³-hybridized carbons (Fsp3) is 0.714. The molecule has 5 N–H and O–H groups in total. The van der Waals surface area contributed by atoms with E-state index in [0.717, 1.165) is 10.5 Å². The number of ether oxygens (including phenoxy) is 5. The topological polar surface area (TPSA) is 253 Å². The number of esters is 2. The highest BCUT2D eigenvalue weighted by molar-refractivity contribution is 6.39. The Balaban J connectivity index is 1.72. The largest absolute Gasteiger partial charge is 0.504 e. The molecular formula is C56H85NO16. The predicted octanol–water partition coefficient (Wildman–Crippen LogP) is 6.36. The number of nitrogens with zero attached hydrogens (tertiary/aromatic N) is 1. The first-order valence-corrected chi connectivity index (χ1v) is 26.3. The quantitative estimate of drug-likeness (QED) is 0.118. The zero-order valence-electron chi connectivity index (χ0n) is 44.9. The molecule has 1 saturated carbocycles. The van der Waals surface area contributed by atoms with Gasteiger partial charge in [-0.3, -0.25) is 24.0 Å². The number of hydrogen-bond donors (Lipinski definition) is 5. The maximum atomic E-state index is 14.5. The van der Waals surface area contributed by atoms with Crippen LogP contribution < -0.4 is 0 Å². The highest BCUT2D eigenvalue weighted by Gasteiger charge is 2.53. The van der Waals surface area contributed by atoms with Crippen LogP contribution in [0.4, 0.5) is 0 Å². The van der Waals surface area contributed by atoms with Gasteiger partial charge in [-0.15, -0.1) is 0 Å². The Hall–Kier alpha value is -4.52. The van der Waals surface area contributed by atoms with Gasteiger partial charge in [0.05, 0.1) is 32.5 Å². The minimum absolute atomic E-state index is 0.0282. The van der Waals surface area contributed by atoms with Gasteiger partial charge < -0.3 is 54.1 Å². The number of aliphatic hydroxyl groups excluding tert-OH is 4. The molecule has 410 valence electrons. The van der Waals surface area contributed by atoms with Crippen LogP contribution in [0.5, 0.6) is 0 Å². The van der Waals surface area contributed by atoms with E-state index in [2.05, 4.69) is 0 Å². The van der Waals surface area contributed by atoms with E-state index in [-0.39, 0.29) is 61.4 Å². The van der Waals surface area contributed by atoms with Crippen LogP contribution in [0, 0.1) is 46.8 Å². The minimum atomic E-state index is -2.50. The Labute approximate surface area is 432 Å². The van der Waals surface area contributed by atoms with Gasteiger partial charge in [-0.1, -0.05) is 76.6 Å². The lowest BCUT2D eigenvalue weighted by Crippen LogP contribution is -2.60. The fourth-order valence-corrected chi connectivity index (χ4v) is 10.5. The maximum Gasteiger partial charge on any atom is 0.329 e. The number of cyclic esters (lactones) is 1. The van der Waals surface area contributed by atoms with E-state index in [9.17, 15) is 54.3 Å². The average Bonchev–Trinajstić information content (AvgIpc) is 3.37. The minimum Gasteiger partial charge on any atom is -0.504 e. The zero-order valence-corrected chi connectivity index (χ0v) is 44.9. The van der Waals surface area contributed by atoms with Crippen LogP contribution in [-0.4, -0.2) is 142 Å². The Morgan fingerprint density at radius 3 is 2.25 bits per heavy atom. The van der Waals surface area contributed by atoms with E-state index in [4.69, 9.17) is 23.7 Å². The number of rotatable bonds is 10. The number of methoxy groups -OCH3 is 2. The fourth-order valence-electron chi connectivity index (χ4n) is 10.5. The third-order valence-corrected chi connectivity index (χ3v) is 15.7. The van der Waals surface area contributed by atoms with E-state index in [1.165, 1.54) is 27.2 Å². The first-order chi connectivity index (χ1) is 34.5. The number of carbonyl (C=O) groups excluding carboxylic acids is 6. The molecule has 17 nitrogen and oxygen atoms in total. The monoisotopic (exact) mass is 1030 g/mol. The molecule has 4 aliphatic rings. The summed E-state index contributed by atoms with van der Waals surface area (Å²) in [6, 6.07) is -1.22. The molecule has 2 bridgehead atoms. The molecule has 73 heavy (non-hydrogen) atoms. The molecular weight excluding hydrogens is 943 g/mol. The summed E-state index contributed by atoms with van der Waals surface area (Å²) in [6.45, 7) is 12.2. The summed E-state index contributed by atoms with van der Waals surface area (Å²) in [5, 5.41) is 53.4. The molecule has 3 fully saturated rings. The number of carbonyl (C=O) groups is 6. The van der Waals surface area contributed by atoms with Crippen molar-refractivity contribution in [3.8, 4) is 0 Å². The molecule has 13 atom stereocenters. The number of fused-ring (bicyclic) bond motifs is 3. The van der Waals surface area contributed by atoms with Gasteiger partial charge in [0.15, 0.2) is 5.76 Å². The summed E-state index contributed by atoms with van der Waals surface area (Å²) in [5.41, 5.74) is -0.443. The van der Waals surface area contributed by atoms with Crippen molar-refractivity contribution in [2.45, 2.75) is 169 Å². The number of amides is 1. The Morgan fingerprint density at radius 2 is 1.60 bits per heavy atom. The first-order valence-electron chi connectivity index (χ1n) is 26.3. The van der Waals surface area contributed by atoms with Crippen molar-refractivity contribution in [1.82, 2.24) is 4.90 Å². The van der Waals surface area contributed by atoms with Crippen molar-refractivity contribution in [2.75, 3.05) is 40.6 Å². The Bertz CT molecular complexity index is 2090. The van der Waals surface area contributed by atoms with E-state index >= 15 is 0 Å². The van der Waals surface area contributed by atoms with Gasteiger partial charge in [0.1, 0.15) is 29.4 Å². The number of allylic oxidation sites excluding steroid dienone is 8. The molecule has 3 aliphatic heterocycles. The van der Waals surface area contributed by atoms with Crippen LogP contribution in [0.2, 0.25) is 0 Å². The molecule has 0 aromatic rings. The van der Waals surface area contributed by atoms with Gasteiger partial charge in [-0.05, 0) is 115 Å². The van der Waals surface area contributed by atoms with Crippen LogP contribution >= 0.6 is 0 Å². The Morgan fingerprint density at radius 1 is 0.904 bits per heavy atom. The van der Waals surface area contributed by atoms with Crippen LogP contribution in [0.1, 0.15) is 132 Å². The van der Waals surface area contributed by atoms with Crippen LogP contribution in [0.25, 0.3) is 0 Å². The second-order valence-electron chi connectivity index (χ2n) is 21.7. The molecule has 2 unspecified atom stereocenters. The van der Waals surface area contributed by atoms with Crippen LogP contribution in [0.3, 0.4) is 0 Å². The van der Waals surface area contributed by atoms with Crippen LogP contribution in [-0.2, 0) is 52.5 Å². The first kappa shape index (κ1) is 61.0. The third-order valence-electron chi connectivity index (χ3n) is 15.7. The highest BCUT2D eigenvalue weighted by atomic mass is 16.6. The smallest absolute Gasteiger partial charge is 0.329 e. The maximum absolute atomic E-state index is 14.5. The average molecular weight is 1030 g/mol. The standard InChI is InChI=1S/C56H85NO16/c1-33-16-12-11-13-17-34(2)41(30-58)28-42-21-19-39(7)56(68,73-42)51(64)52(65)57-23-15-14-18-43(57)53(66)71-46(29-44(61)35(3)25-38(6)49(63)50(70-10)48(62)37(5)24-33)36(4)26-40-20-22-45(47(27-40)69-9)72-54(67)55(8,31-59)32-60/h11-13,16-17,25,33,35-37,39-43,45-47,58-60,63,68H,14-15,18-24,26-32H2,1-10H3/b13-11?,16-12+,34-17?,38-25+,50-49-/t33-,35-,36?,37-,39-,40?,41-,42+,43+,45-,46+,47-,56-/m1/s1. The summed E-state index contributed by atoms with van der Waals surface area (Å²) in [4.78, 5) is 85.2. The highest BCUT2D eigenvalue weighted by Crippen LogP contribution is 2.39. The normalized spacial score (nSPS) is 35.2. The van der Waals surface area contributed by atoms with E-state index in [0.29, 0.717) is 57.8 Å². The summed E-state index contributed by atoms with van der Waals surface area (Å²) >= 11 is 0. The number of ketones is 3. The molecule has 0 radical (unpaired) electrons. The van der Waals surface area contributed by atoms with Gasteiger partial charge in [-0.2, -0.15) is 0 Å². The molecule has 0 aromatic carbocycles. The van der Waals surface area contributed by atoms with Gasteiger partial charge in [0, 0.05) is 50.4 Å². The second kappa shape index (κ2) is 27.9. The number of Topliss-reactive ketones (excluding diaryl/α,β-unsaturated/α-hetero) is 3. The number of piperidine rings is 1. The summed E-state index contributed by atoms with van der Waals surface area (Å²) in [5.74, 6) is -10.9. The summed E-state index contributed by atoms with van der Waals surface area (Å²) < 4.78 is 29.4. The molecule has 17 heteroatoms.